The first kappa shape index (κ1) is 20.3. The number of carboxylic acid groups (broad SMARTS) is 1. The van der Waals surface area contributed by atoms with Crippen LogP contribution in [-0.4, -0.2) is 47.9 Å². The van der Waals surface area contributed by atoms with E-state index >= 15 is 0 Å². The zero-order valence-electron chi connectivity index (χ0n) is 14.2. The van der Waals surface area contributed by atoms with Crippen molar-refractivity contribution < 1.29 is 24.5 Å². The minimum atomic E-state index is -1.92. The summed E-state index contributed by atoms with van der Waals surface area (Å²) in [6.07, 6.45) is -1.02. The summed E-state index contributed by atoms with van der Waals surface area (Å²) in [6.45, 7) is 13.9. The highest BCUT2D eigenvalue weighted by atomic mass is 28.4. The monoisotopic (exact) mass is 318 g/mol. The molecule has 0 aliphatic heterocycles. The molecule has 0 spiro atoms. The highest BCUT2D eigenvalue weighted by Crippen LogP contribution is 2.37. The van der Waals surface area contributed by atoms with Gasteiger partial charge < -0.3 is 19.7 Å². The summed E-state index contributed by atoms with van der Waals surface area (Å²) in [5, 5.41) is 28.6. The van der Waals surface area contributed by atoms with E-state index in [2.05, 4.69) is 33.9 Å². The maximum Gasteiger partial charge on any atom is 0.331 e. The van der Waals surface area contributed by atoms with Crippen molar-refractivity contribution in [3.63, 3.8) is 0 Å². The quantitative estimate of drug-likeness (QED) is 0.496. The second-order valence-electron chi connectivity index (χ2n) is 7.14. The molecule has 0 amide bonds. The normalized spacial score (nSPS) is 18.2. The summed E-state index contributed by atoms with van der Waals surface area (Å²) in [5.74, 6) is -1.10. The molecule has 0 fully saturated rings. The van der Waals surface area contributed by atoms with Gasteiger partial charge in [-0.3, -0.25) is 0 Å². The van der Waals surface area contributed by atoms with E-state index in [-0.39, 0.29) is 23.1 Å². The lowest BCUT2D eigenvalue weighted by atomic mass is 10.1. The largest absolute Gasteiger partial charge is 0.478 e. The second-order valence-corrected chi connectivity index (χ2v) is 11.9. The number of aliphatic carboxylic acids is 1. The highest BCUT2D eigenvalue weighted by Gasteiger charge is 2.38. The van der Waals surface area contributed by atoms with Gasteiger partial charge >= 0.3 is 5.97 Å². The van der Waals surface area contributed by atoms with Crippen molar-refractivity contribution in [3.8, 4) is 0 Å². The molecular formula is C15H30O5Si. The number of rotatable bonds is 7. The number of carbonyl (C=O) groups is 1. The third-order valence-corrected chi connectivity index (χ3v) is 8.63. The van der Waals surface area contributed by atoms with Crippen molar-refractivity contribution in [1.29, 1.82) is 0 Å². The highest BCUT2D eigenvalue weighted by molar-refractivity contribution is 6.74. The smallest absolute Gasteiger partial charge is 0.331 e. The van der Waals surface area contributed by atoms with Crippen LogP contribution in [-0.2, 0) is 9.22 Å². The predicted octanol–water partition coefficient (Wildman–Crippen LogP) is 2.54. The van der Waals surface area contributed by atoms with Gasteiger partial charge in [0.25, 0.3) is 0 Å². The number of carboxylic acids is 1. The van der Waals surface area contributed by atoms with Gasteiger partial charge in [-0.05, 0) is 38.1 Å². The molecule has 5 nitrogen and oxygen atoms in total. The standard InChI is InChI=1S/C15H30O5Si/c1-10(14(18)19)8-12(16)13(17)9-11(2)20-21(6,7)15(3,4)5/h8,11-13,16-17H,9H2,1-7H3,(H,18,19)/b10-8+. The third kappa shape index (κ3) is 6.73. The van der Waals surface area contributed by atoms with E-state index in [1.165, 1.54) is 6.92 Å². The Kier molecular flexibility index (Phi) is 7.28. The van der Waals surface area contributed by atoms with Crippen LogP contribution in [0.3, 0.4) is 0 Å². The Morgan fingerprint density at radius 3 is 2.14 bits per heavy atom. The van der Waals surface area contributed by atoms with Crippen LogP contribution in [0, 0.1) is 0 Å². The number of aliphatic hydroxyl groups excluding tert-OH is 2. The Labute approximate surface area is 128 Å². The van der Waals surface area contributed by atoms with Crippen molar-refractivity contribution in [2.45, 2.75) is 77.5 Å². The van der Waals surface area contributed by atoms with Gasteiger partial charge in [-0.25, -0.2) is 4.79 Å². The summed E-state index contributed by atoms with van der Waals surface area (Å²) >= 11 is 0. The van der Waals surface area contributed by atoms with Crippen LogP contribution in [0.15, 0.2) is 11.6 Å². The molecule has 0 heterocycles. The molecule has 124 valence electrons. The maximum absolute atomic E-state index is 10.7. The average Bonchev–Trinajstić information content (AvgIpc) is 2.25. The minimum absolute atomic E-state index is 0.0134. The van der Waals surface area contributed by atoms with E-state index in [0.29, 0.717) is 0 Å². The fraction of sp³-hybridized carbons (Fsp3) is 0.800. The van der Waals surface area contributed by atoms with Gasteiger partial charge in [-0.15, -0.1) is 0 Å². The summed E-state index contributed by atoms with van der Waals surface area (Å²) in [6, 6.07) is 0. The van der Waals surface area contributed by atoms with Crippen LogP contribution in [0.25, 0.3) is 0 Å². The van der Waals surface area contributed by atoms with Crippen molar-refractivity contribution >= 4 is 14.3 Å². The van der Waals surface area contributed by atoms with Crippen LogP contribution in [0.2, 0.25) is 18.1 Å². The van der Waals surface area contributed by atoms with Gasteiger partial charge in [-0.1, -0.05) is 20.8 Å². The molecule has 3 atom stereocenters. The molecule has 0 radical (unpaired) electrons. The van der Waals surface area contributed by atoms with Gasteiger partial charge in [0.1, 0.15) is 0 Å². The van der Waals surface area contributed by atoms with Crippen molar-refractivity contribution in [3.05, 3.63) is 11.6 Å². The van der Waals surface area contributed by atoms with E-state index in [1.807, 2.05) is 6.92 Å². The van der Waals surface area contributed by atoms with Crippen LogP contribution < -0.4 is 0 Å². The average molecular weight is 318 g/mol. The van der Waals surface area contributed by atoms with Gasteiger partial charge in [0, 0.05) is 18.1 Å². The Bertz CT molecular complexity index is 384. The van der Waals surface area contributed by atoms with Crippen LogP contribution in [0.1, 0.15) is 41.0 Å². The molecule has 0 aromatic rings. The number of hydrogen-bond acceptors (Lipinski definition) is 4. The SMILES string of the molecule is C/C(=C\C(O)C(O)CC(C)O[Si](C)(C)C(C)(C)C)C(=O)O. The van der Waals surface area contributed by atoms with E-state index in [0.717, 1.165) is 6.08 Å². The maximum atomic E-state index is 10.7. The Morgan fingerprint density at radius 1 is 1.29 bits per heavy atom. The molecule has 0 bridgehead atoms. The molecule has 0 aromatic heterocycles. The fourth-order valence-electron chi connectivity index (χ4n) is 1.65. The van der Waals surface area contributed by atoms with Crippen molar-refractivity contribution in [1.82, 2.24) is 0 Å². The minimum Gasteiger partial charge on any atom is -0.478 e. The predicted molar refractivity (Wildman–Crippen MR) is 85.8 cm³/mol. The topological polar surface area (TPSA) is 87.0 Å². The first-order valence-corrected chi connectivity index (χ1v) is 10.1. The molecule has 6 heteroatoms. The van der Waals surface area contributed by atoms with Gasteiger partial charge in [-0.2, -0.15) is 0 Å². The molecule has 0 aliphatic carbocycles. The van der Waals surface area contributed by atoms with Crippen molar-refractivity contribution in [2.24, 2.45) is 0 Å². The molecule has 0 aliphatic rings. The number of aliphatic hydroxyl groups is 2. The Morgan fingerprint density at radius 2 is 1.76 bits per heavy atom. The summed E-state index contributed by atoms with van der Waals surface area (Å²) < 4.78 is 6.11. The molecule has 3 unspecified atom stereocenters. The zero-order valence-corrected chi connectivity index (χ0v) is 15.2. The number of hydrogen-bond donors (Lipinski definition) is 3. The summed E-state index contributed by atoms with van der Waals surface area (Å²) in [4.78, 5) is 10.7. The second kappa shape index (κ2) is 7.53. The molecule has 0 saturated heterocycles. The van der Waals surface area contributed by atoms with Gasteiger partial charge in [0.05, 0.1) is 12.2 Å². The third-order valence-electron chi connectivity index (χ3n) is 4.03. The van der Waals surface area contributed by atoms with Crippen LogP contribution in [0.4, 0.5) is 0 Å². The molecule has 0 saturated carbocycles. The Hall–Kier alpha value is -0.693. The zero-order chi connectivity index (χ0) is 17.0. The van der Waals surface area contributed by atoms with E-state index in [9.17, 15) is 15.0 Å². The summed E-state index contributed by atoms with van der Waals surface area (Å²) in [5.41, 5.74) is 0.0134. The molecular weight excluding hydrogens is 288 g/mol. The van der Waals surface area contributed by atoms with Crippen LogP contribution in [0.5, 0.6) is 0 Å². The lowest BCUT2D eigenvalue weighted by Crippen LogP contribution is -2.44. The molecule has 3 N–H and O–H groups in total. The van der Waals surface area contributed by atoms with Gasteiger partial charge in [0.2, 0.25) is 0 Å². The van der Waals surface area contributed by atoms with Crippen molar-refractivity contribution in [2.75, 3.05) is 0 Å². The molecule has 0 aromatic carbocycles. The van der Waals surface area contributed by atoms with E-state index < -0.39 is 26.5 Å². The van der Waals surface area contributed by atoms with E-state index in [1.54, 1.807) is 0 Å². The molecule has 0 rings (SSSR count). The first-order chi connectivity index (χ1) is 9.28. The van der Waals surface area contributed by atoms with E-state index in [4.69, 9.17) is 9.53 Å². The van der Waals surface area contributed by atoms with Crippen LogP contribution >= 0.6 is 0 Å². The van der Waals surface area contributed by atoms with Gasteiger partial charge in [0.15, 0.2) is 8.32 Å². The first-order valence-electron chi connectivity index (χ1n) is 7.23. The molecule has 21 heavy (non-hydrogen) atoms. The lowest BCUT2D eigenvalue weighted by Gasteiger charge is -2.39. The summed E-state index contributed by atoms with van der Waals surface area (Å²) in [7, 11) is -1.92. The fourth-order valence-corrected chi connectivity index (χ4v) is 3.10. The Balaban J connectivity index is 4.62. The lowest BCUT2D eigenvalue weighted by molar-refractivity contribution is -0.132.